The maximum atomic E-state index is 3.62. The quantitative estimate of drug-likeness (QED) is 0.821. The topological polar surface area (TPSA) is 12.0 Å². The number of hydrogen-bond acceptors (Lipinski definition) is 1. The molecule has 0 bridgehead atoms. The molecule has 1 saturated heterocycles. The van der Waals surface area contributed by atoms with E-state index in [1.54, 1.807) is 0 Å². The van der Waals surface area contributed by atoms with Crippen molar-refractivity contribution in [1.29, 1.82) is 0 Å². The van der Waals surface area contributed by atoms with E-state index in [-0.39, 0.29) is 0 Å². The van der Waals surface area contributed by atoms with Crippen molar-refractivity contribution in [3.8, 4) is 0 Å². The second-order valence-electron chi connectivity index (χ2n) is 4.65. The van der Waals surface area contributed by atoms with E-state index >= 15 is 0 Å². The van der Waals surface area contributed by atoms with E-state index in [0.29, 0.717) is 12.0 Å². The molecule has 3 rings (SSSR count). The smallest absolute Gasteiger partial charge is 0.0390 e. The van der Waals surface area contributed by atoms with Gasteiger partial charge in [-0.3, -0.25) is 0 Å². The van der Waals surface area contributed by atoms with Crippen molar-refractivity contribution >= 4 is 0 Å². The minimum Gasteiger partial charge on any atom is -0.309 e. The first kappa shape index (κ1) is 10.5. The van der Waals surface area contributed by atoms with Crippen LogP contribution in [0.3, 0.4) is 0 Å². The summed E-state index contributed by atoms with van der Waals surface area (Å²) in [5.41, 5.74) is 2.85. The van der Waals surface area contributed by atoms with Crippen LogP contribution >= 0.6 is 0 Å². The molecule has 1 N–H and O–H groups in total. The zero-order chi connectivity index (χ0) is 11.5. The summed E-state index contributed by atoms with van der Waals surface area (Å²) in [7, 11) is 0. The van der Waals surface area contributed by atoms with Crippen molar-refractivity contribution in [2.75, 3.05) is 6.54 Å². The highest BCUT2D eigenvalue weighted by Crippen LogP contribution is 2.37. The average molecular weight is 223 g/mol. The van der Waals surface area contributed by atoms with Crippen molar-refractivity contribution in [2.45, 2.75) is 18.4 Å². The molecule has 0 unspecified atom stereocenters. The van der Waals surface area contributed by atoms with E-state index in [9.17, 15) is 0 Å². The van der Waals surface area contributed by atoms with Crippen LogP contribution in [0.4, 0.5) is 0 Å². The largest absolute Gasteiger partial charge is 0.309 e. The first-order valence-electron chi connectivity index (χ1n) is 6.28. The summed E-state index contributed by atoms with van der Waals surface area (Å²) >= 11 is 0. The van der Waals surface area contributed by atoms with Crippen LogP contribution in [0.2, 0.25) is 0 Å². The van der Waals surface area contributed by atoms with Gasteiger partial charge in [0.25, 0.3) is 0 Å². The first-order chi connectivity index (χ1) is 8.45. The third kappa shape index (κ3) is 2.11. The van der Waals surface area contributed by atoms with E-state index in [1.807, 2.05) is 0 Å². The maximum Gasteiger partial charge on any atom is 0.0390 e. The standard InChI is InChI=1S/C16H17N/c1-3-7-13(8-4-1)15-11-12-17-16(15)14-9-5-2-6-10-14/h1-10,15-17H,11-12H2/t15-,16+/m1/s1. The lowest BCUT2D eigenvalue weighted by molar-refractivity contribution is 0.578. The van der Waals surface area contributed by atoms with Crippen molar-refractivity contribution < 1.29 is 0 Å². The lowest BCUT2D eigenvalue weighted by atomic mass is 9.88. The Morgan fingerprint density at radius 1 is 0.765 bits per heavy atom. The van der Waals surface area contributed by atoms with Crippen molar-refractivity contribution in [1.82, 2.24) is 5.32 Å². The molecule has 1 aliphatic rings. The highest BCUT2D eigenvalue weighted by molar-refractivity contribution is 5.29. The van der Waals surface area contributed by atoms with Crippen LogP contribution in [0.5, 0.6) is 0 Å². The van der Waals surface area contributed by atoms with Gasteiger partial charge in [0.1, 0.15) is 0 Å². The van der Waals surface area contributed by atoms with Gasteiger partial charge in [0.05, 0.1) is 0 Å². The Bertz CT molecular complexity index is 418. The van der Waals surface area contributed by atoms with Gasteiger partial charge in [-0.25, -0.2) is 0 Å². The van der Waals surface area contributed by atoms with Crippen molar-refractivity contribution in [2.24, 2.45) is 0 Å². The highest BCUT2D eigenvalue weighted by atomic mass is 15.0. The monoisotopic (exact) mass is 223 g/mol. The van der Waals surface area contributed by atoms with E-state index < -0.39 is 0 Å². The molecule has 17 heavy (non-hydrogen) atoms. The zero-order valence-electron chi connectivity index (χ0n) is 9.84. The fourth-order valence-corrected chi connectivity index (χ4v) is 2.77. The molecule has 0 saturated carbocycles. The normalized spacial score (nSPS) is 23.8. The van der Waals surface area contributed by atoms with Crippen LogP contribution in [0.1, 0.15) is 29.5 Å². The number of benzene rings is 2. The summed E-state index contributed by atoms with van der Waals surface area (Å²) in [5.74, 6) is 0.610. The van der Waals surface area contributed by atoms with Gasteiger partial charge in [0.2, 0.25) is 0 Å². The third-order valence-corrected chi connectivity index (χ3v) is 3.61. The Labute approximate surface area is 102 Å². The molecule has 1 aliphatic heterocycles. The number of nitrogens with one attached hydrogen (secondary N) is 1. The molecule has 0 aliphatic carbocycles. The Morgan fingerprint density at radius 2 is 1.35 bits per heavy atom. The highest BCUT2D eigenvalue weighted by Gasteiger charge is 2.28. The summed E-state index contributed by atoms with van der Waals surface area (Å²) in [6, 6.07) is 22.1. The zero-order valence-corrected chi connectivity index (χ0v) is 9.84. The van der Waals surface area contributed by atoms with Crippen LogP contribution < -0.4 is 5.32 Å². The maximum absolute atomic E-state index is 3.62. The lowest BCUT2D eigenvalue weighted by Gasteiger charge is -2.20. The summed E-state index contributed by atoms with van der Waals surface area (Å²) in [6.07, 6.45) is 1.23. The van der Waals surface area contributed by atoms with E-state index in [0.717, 1.165) is 6.54 Å². The second kappa shape index (κ2) is 4.72. The van der Waals surface area contributed by atoms with Crippen LogP contribution in [0, 0.1) is 0 Å². The van der Waals surface area contributed by atoms with Gasteiger partial charge in [-0.05, 0) is 24.1 Å². The molecule has 2 aromatic rings. The fourth-order valence-electron chi connectivity index (χ4n) is 2.77. The SMILES string of the molecule is c1ccc([C@H]2CCN[C@H]2c2ccccc2)cc1. The third-order valence-electron chi connectivity index (χ3n) is 3.61. The van der Waals surface area contributed by atoms with Gasteiger partial charge < -0.3 is 5.32 Å². The second-order valence-corrected chi connectivity index (χ2v) is 4.65. The predicted octanol–water partition coefficient (Wildman–Crippen LogP) is 3.50. The molecule has 2 atom stereocenters. The van der Waals surface area contributed by atoms with Crippen molar-refractivity contribution in [3.63, 3.8) is 0 Å². The van der Waals surface area contributed by atoms with Gasteiger partial charge in [-0.1, -0.05) is 60.7 Å². The minimum absolute atomic E-state index is 0.471. The summed E-state index contributed by atoms with van der Waals surface area (Å²) in [4.78, 5) is 0. The molecule has 1 fully saturated rings. The van der Waals surface area contributed by atoms with E-state index in [4.69, 9.17) is 0 Å². The van der Waals surface area contributed by atoms with Crippen LogP contribution in [0.15, 0.2) is 60.7 Å². The molecular formula is C16H17N. The van der Waals surface area contributed by atoms with Crippen molar-refractivity contribution in [3.05, 3.63) is 71.8 Å². The van der Waals surface area contributed by atoms with Crippen LogP contribution in [-0.2, 0) is 0 Å². The fraction of sp³-hybridized carbons (Fsp3) is 0.250. The first-order valence-corrected chi connectivity index (χ1v) is 6.28. The minimum atomic E-state index is 0.471. The Morgan fingerprint density at radius 3 is 2.00 bits per heavy atom. The molecule has 0 spiro atoms. The van der Waals surface area contributed by atoms with Gasteiger partial charge in [0.15, 0.2) is 0 Å². The number of rotatable bonds is 2. The Kier molecular flexibility index (Phi) is 2.93. The van der Waals surface area contributed by atoms with E-state index in [2.05, 4.69) is 66.0 Å². The van der Waals surface area contributed by atoms with Crippen LogP contribution in [0.25, 0.3) is 0 Å². The summed E-state index contributed by atoms with van der Waals surface area (Å²) in [6.45, 7) is 1.11. The van der Waals surface area contributed by atoms with Gasteiger partial charge in [-0.2, -0.15) is 0 Å². The van der Waals surface area contributed by atoms with Gasteiger partial charge in [0, 0.05) is 12.0 Å². The summed E-state index contributed by atoms with van der Waals surface area (Å²) in [5, 5.41) is 3.62. The van der Waals surface area contributed by atoms with Gasteiger partial charge >= 0.3 is 0 Å². The summed E-state index contributed by atoms with van der Waals surface area (Å²) < 4.78 is 0. The molecule has 1 heteroatoms. The average Bonchev–Trinajstić information content (AvgIpc) is 2.90. The van der Waals surface area contributed by atoms with Crippen LogP contribution in [-0.4, -0.2) is 6.54 Å². The molecule has 0 amide bonds. The van der Waals surface area contributed by atoms with E-state index in [1.165, 1.54) is 17.5 Å². The molecule has 2 aromatic carbocycles. The molecule has 86 valence electrons. The lowest BCUT2D eigenvalue weighted by Crippen LogP contribution is -2.16. The molecule has 1 nitrogen and oxygen atoms in total. The molecule has 1 heterocycles. The number of hydrogen-bond donors (Lipinski definition) is 1. The Balaban J connectivity index is 1.91. The Hall–Kier alpha value is -1.60. The molecule has 0 aromatic heterocycles. The van der Waals surface area contributed by atoms with Gasteiger partial charge in [-0.15, -0.1) is 0 Å². The molecule has 0 radical (unpaired) electrons. The predicted molar refractivity (Wildman–Crippen MR) is 71.0 cm³/mol. The molecular weight excluding hydrogens is 206 g/mol.